The van der Waals surface area contributed by atoms with Gasteiger partial charge in [-0.2, -0.15) is 0 Å². The van der Waals surface area contributed by atoms with Gasteiger partial charge in [-0.25, -0.2) is 9.38 Å². The quantitative estimate of drug-likeness (QED) is 0.394. The van der Waals surface area contributed by atoms with Crippen molar-refractivity contribution in [2.24, 2.45) is 10.9 Å². The van der Waals surface area contributed by atoms with Gasteiger partial charge in [0.15, 0.2) is 5.96 Å². The number of halogens is 1. The van der Waals surface area contributed by atoms with Gasteiger partial charge in [-0.3, -0.25) is 0 Å². The molecule has 0 unspecified atom stereocenters. The fourth-order valence-electron chi connectivity index (χ4n) is 3.30. The highest BCUT2D eigenvalue weighted by atomic mass is 19.1. The van der Waals surface area contributed by atoms with Gasteiger partial charge in [-0.1, -0.05) is 13.0 Å². The molecule has 0 saturated carbocycles. The maximum Gasteiger partial charge on any atom is 0.191 e. The average molecular weight is 379 g/mol. The smallest absolute Gasteiger partial charge is 0.191 e. The summed E-state index contributed by atoms with van der Waals surface area (Å²) in [5, 5.41) is 6.68. The SMILES string of the molecule is CCNC(=NCc1ccc(F)c(COC)c1)NCCCN1CCC(C)CC1. The van der Waals surface area contributed by atoms with Crippen molar-refractivity contribution in [2.45, 2.75) is 46.3 Å². The van der Waals surface area contributed by atoms with Gasteiger partial charge in [0, 0.05) is 25.8 Å². The minimum absolute atomic E-state index is 0.235. The molecule has 27 heavy (non-hydrogen) atoms. The summed E-state index contributed by atoms with van der Waals surface area (Å²) in [7, 11) is 1.57. The number of nitrogens with one attached hydrogen (secondary N) is 2. The van der Waals surface area contributed by atoms with Crippen molar-refractivity contribution in [1.82, 2.24) is 15.5 Å². The number of methoxy groups -OCH3 is 1. The normalized spacial score (nSPS) is 16.5. The van der Waals surface area contributed by atoms with Crippen molar-refractivity contribution >= 4 is 5.96 Å². The van der Waals surface area contributed by atoms with Gasteiger partial charge in [-0.15, -0.1) is 0 Å². The van der Waals surface area contributed by atoms with E-state index in [1.807, 2.05) is 6.07 Å². The number of guanidine groups is 1. The van der Waals surface area contributed by atoms with Crippen molar-refractivity contribution in [1.29, 1.82) is 0 Å². The Kier molecular flexibility index (Phi) is 9.56. The van der Waals surface area contributed by atoms with E-state index in [1.54, 1.807) is 13.2 Å². The minimum atomic E-state index is -0.235. The number of nitrogens with zero attached hydrogens (tertiary/aromatic N) is 2. The molecule has 0 atom stereocenters. The number of benzene rings is 1. The van der Waals surface area contributed by atoms with E-state index in [0.717, 1.165) is 43.5 Å². The van der Waals surface area contributed by atoms with Gasteiger partial charge in [0.2, 0.25) is 0 Å². The third-order valence-corrected chi connectivity index (χ3v) is 4.99. The Labute approximate surface area is 163 Å². The molecule has 0 aliphatic carbocycles. The van der Waals surface area contributed by atoms with Crippen LogP contribution in [0.4, 0.5) is 4.39 Å². The molecule has 1 aliphatic heterocycles. The first-order valence-electron chi connectivity index (χ1n) is 10.1. The lowest BCUT2D eigenvalue weighted by atomic mass is 9.99. The van der Waals surface area contributed by atoms with Crippen LogP contribution >= 0.6 is 0 Å². The number of hydrogen-bond donors (Lipinski definition) is 2. The van der Waals surface area contributed by atoms with Crippen LogP contribution in [0.1, 0.15) is 44.2 Å². The molecular weight excluding hydrogens is 343 g/mol. The zero-order valence-corrected chi connectivity index (χ0v) is 17.1. The molecule has 1 aromatic carbocycles. The summed E-state index contributed by atoms with van der Waals surface area (Å²) in [5.41, 5.74) is 1.54. The Hall–Kier alpha value is -1.66. The van der Waals surface area contributed by atoms with Crippen LogP contribution in [0.15, 0.2) is 23.2 Å². The lowest BCUT2D eigenvalue weighted by Crippen LogP contribution is -2.39. The Balaban J connectivity index is 1.79. The van der Waals surface area contributed by atoms with Crippen LogP contribution in [-0.2, 0) is 17.9 Å². The van der Waals surface area contributed by atoms with E-state index in [9.17, 15) is 4.39 Å². The highest BCUT2D eigenvalue weighted by molar-refractivity contribution is 5.79. The van der Waals surface area contributed by atoms with E-state index in [2.05, 4.69) is 34.4 Å². The molecule has 1 heterocycles. The number of piperidine rings is 1. The first kappa shape index (κ1) is 21.6. The van der Waals surface area contributed by atoms with Gasteiger partial charge < -0.3 is 20.3 Å². The van der Waals surface area contributed by atoms with Crippen molar-refractivity contribution in [3.63, 3.8) is 0 Å². The summed E-state index contributed by atoms with van der Waals surface area (Å²) in [6.45, 7) is 10.5. The van der Waals surface area contributed by atoms with E-state index in [0.29, 0.717) is 12.1 Å². The molecule has 6 heteroatoms. The van der Waals surface area contributed by atoms with Crippen molar-refractivity contribution in [2.75, 3.05) is 39.8 Å². The van der Waals surface area contributed by atoms with Crippen LogP contribution in [0.25, 0.3) is 0 Å². The van der Waals surface area contributed by atoms with Gasteiger partial charge >= 0.3 is 0 Å². The van der Waals surface area contributed by atoms with Gasteiger partial charge in [0.25, 0.3) is 0 Å². The summed E-state index contributed by atoms with van der Waals surface area (Å²) >= 11 is 0. The monoisotopic (exact) mass is 378 g/mol. The Morgan fingerprint density at radius 1 is 1.30 bits per heavy atom. The molecule has 0 bridgehead atoms. The molecule has 0 aromatic heterocycles. The lowest BCUT2D eigenvalue weighted by molar-refractivity contribution is 0.181. The minimum Gasteiger partial charge on any atom is -0.380 e. The van der Waals surface area contributed by atoms with Crippen LogP contribution in [0.3, 0.4) is 0 Å². The third-order valence-electron chi connectivity index (χ3n) is 4.99. The first-order chi connectivity index (χ1) is 13.1. The molecule has 1 fully saturated rings. The summed E-state index contributed by atoms with van der Waals surface area (Å²) < 4.78 is 18.8. The second-order valence-electron chi connectivity index (χ2n) is 7.36. The molecule has 0 radical (unpaired) electrons. The van der Waals surface area contributed by atoms with E-state index < -0.39 is 0 Å². The second-order valence-corrected chi connectivity index (χ2v) is 7.36. The summed E-state index contributed by atoms with van der Waals surface area (Å²) in [5.74, 6) is 1.45. The van der Waals surface area contributed by atoms with Gasteiger partial charge in [0.05, 0.1) is 13.2 Å². The number of rotatable bonds is 9. The molecule has 1 aromatic rings. The highest BCUT2D eigenvalue weighted by Crippen LogP contribution is 2.15. The Morgan fingerprint density at radius 2 is 2.07 bits per heavy atom. The maximum absolute atomic E-state index is 13.7. The predicted octanol–water partition coefficient (Wildman–Crippen LogP) is 3.15. The molecule has 0 spiro atoms. The predicted molar refractivity (Wildman–Crippen MR) is 109 cm³/mol. The van der Waals surface area contributed by atoms with Gasteiger partial charge in [0.1, 0.15) is 5.82 Å². The standard InChI is InChI=1S/C21H35FN4O/c1-4-23-21(24-10-5-11-26-12-8-17(2)9-13-26)25-15-18-6-7-20(22)19(14-18)16-27-3/h6-7,14,17H,4-5,8-13,15-16H2,1-3H3,(H2,23,24,25). The number of aliphatic imine (C=N–C) groups is 1. The Morgan fingerprint density at radius 3 is 2.78 bits per heavy atom. The van der Waals surface area contributed by atoms with Crippen molar-refractivity contribution in [3.05, 3.63) is 35.1 Å². The van der Waals surface area contributed by atoms with Crippen molar-refractivity contribution in [3.8, 4) is 0 Å². The molecule has 5 nitrogen and oxygen atoms in total. The van der Waals surface area contributed by atoms with E-state index in [4.69, 9.17) is 4.74 Å². The van der Waals surface area contributed by atoms with E-state index in [1.165, 1.54) is 32.0 Å². The summed E-state index contributed by atoms with van der Waals surface area (Å²) in [4.78, 5) is 7.18. The van der Waals surface area contributed by atoms with E-state index >= 15 is 0 Å². The topological polar surface area (TPSA) is 48.9 Å². The van der Waals surface area contributed by atoms with Crippen LogP contribution < -0.4 is 10.6 Å². The highest BCUT2D eigenvalue weighted by Gasteiger charge is 2.14. The van der Waals surface area contributed by atoms with E-state index in [-0.39, 0.29) is 12.4 Å². The molecule has 2 N–H and O–H groups in total. The van der Waals surface area contributed by atoms with Crippen LogP contribution in [0, 0.1) is 11.7 Å². The maximum atomic E-state index is 13.7. The number of likely N-dealkylation sites (tertiary alicyclic amines) is 1. The molecule has 2 rings (SSSR count). The molecule has 1 saturated heterocycles. The average Bonchev–Trinajstić information content (AvgIpc) is 2.67. The van der Waals surface area contributed by atoms with Crippen LogP contribution in [0.2, 0.25) is 0 Å². The molecule has 1 aliphatic rings. The lowest BCUT2D eigenvalue weighted by Gasteiger charge is -2.30. The van der Waals surface area contributed by atoms with Crippen LogP contribution in [0.5, 0.6) is 0 Å². The molecular formula is C21H35FN4O. The largest absolute Gasteiger partial charge is 0.380 e. The van der Waals surface area contributed by atoms with Crippen molar-refractivity contribution < 1.29 is 9.13 Å². The zero-order valence-electron chi connectivity index (χ0n) is 17.1. The fraction of sp³-hybridized carbons (Fsp3) is 0.667. The summed E-state index contributed by atoms with van der Waals surface area (Å²) in [6.07, 6.45) is 3.74. The molecule has 0 amide bonds. The van der Waals surface area contributed by atoms with Crippen LogP contribution in [-0.4, -0.2) is 50.7 Å². The zero-order chi connectivity index (χ0) is 19.5. The number of ether oxygens (including phenoxy) is 1. The first-order valence-corrected chi connectivity index (χ1v) is 10.1. The third kappa shape index (κ3) is 7.85. The molecule has 152 valence electrons. The number of hydrogen-bond acceptors (Lipinski definition) is 3. The van der Waals surface area contributed by atoms with Gasteiger partial charge in [-0.05, 0) is 69.4 Å². The summed E-state index contributed by atoms with van der Waals surface area (Å²) in [6, 6.07) is 5.08. The Bertz CT molecular complexity index is 586. The fourth-order valence-corrected chi connectivity index (χ4v) is 3.30. The second kappa shape index (κ2) is 11.9.